The van der Waals surface area contributed by atoms with Crippen LogP contribution in [0.5, 0.6) is 5.75 Å². The lowest BCUT2D eigenvalue weighted by Crippen LogP contribution is -2.41. The van der Waals surface area contributed by atoms with Crippen molar-refractivity contribution in [2.75, 3.05) is 13.1 Å². The zero-order valence-corrected chi connectivity index (χ0v) is 12.4. The van der Waals surface area contributed by atoms with Crippen molar-refractivity contribution >= 4 is 11.6 Å². The van der Waals surface area contributed by atoms with Crippen LogP contribution in [0.4, 0.5) is 0 Å². The molecule has 0 heterocycles. The molecule has 1 aromatic rings. The van der Waals surface area contributed by atoms with E-state index in [-0.39, 0.29) is 6.10 Å². The van der Waals surface area contributed by atoms with E-state index in [0.717, 1.165) is 24.9 Å². The second kappa shape index (κ2) is 7.13. The number of hydrogen-bond donors (Lipinski definition) is 2. The molecule has 1 aliphatic rings. The van der Waals surface area contributed by atoms with Gasteiger partial charge in [0, 0.05) is 30.2 Å². The highest BCUT2D eigenvalue weighted by atomic mass is 35.5. The highest BCUT2D eigenvalue weighted by Crippen LogP contribution is 2.19. The Labute approximate surface area is 120 Å². The standard InChI is InChI=1S/C15H23ClN2O/c1-11(9-18-14-6-7-14)17-10-12(2)19-15-5-3-4-13(16)8-15/h3-5,8,11-12,14,17-18H,6-7,9-10H2,1-2H3. The van der Waals surface area contributed by atoms with E-state index in [1.807, 2.05) is 24.3 Å². The first kappa shape index (κ1) is 14.6. The molecule has 3 nitrogen and oxygen atoms in total. The number of halogens is 1. The molecule has 0 aromatic heterocycles. The van der Waals surface area contributed by atoms with Crippen LogP contribution in [0.3, 0.4) is 0 Å². The molecule has 2 rings (SSSR count). The first-order valence-electron chi connectivity index (χ1n) is 7.02. The monoisotopic (exact) mass is 282 g/mol. The first-order chi connectivity index (χ1) is 9.13. The summed E-state index contributed by atoms with van der Waals surface area (Å²) in [6, 6.07) is 8.76. The van der Waals surface area contributed by atoms with Crippen molar-refractivity contribution < 1.29 is 4.74 Å². The fourth-order valence-electron chi connectivity index (χ4n) is 1.88. The first-order valence-corrected chi connectivity index (χ1v) is 7.40. The minimum absolute atomic E-state index is 0.127. The van der Waals surface area contributed by atoms with Crippen LogP contribution in [0.15, 0.2) is 24.3 Å². The molecule has 0 amide bonds. The van der Waals surface area contributed by atoms with Crippen molar-refractivity contribution in [1.82, 2.24) is 10.6 Å². The fourth-order valence-corrected chi connectivity index (χ4v) is 2.06. The van der Waals surface area contributed by atoms with Crippen molar-refractivity contribution in [3.63, 3.8) is 0 Å². The van der Waals surface area contributed by atoms with Crippen LogP contribution in [-0.2, 0) is 0 Å². The van der Waals surface area contributed by atoms with E-state index in [0.29, 0.717) is 11.1 Å². The summed E-state index contributed by atoms with van der Waals surface area (Å²) in [6.45, 7) is 6.12. The minimum atomic E-state index is 0.127. The van der Waals surface area contributed by atoms with Gasteiger partial charge in [0.1, 0.15) is 11.9 Å². The van der Waals surface area contributed by atoms with Gasteiger partial charge >= 0.3 is 0 Å². The van der Waals surface area contributed by atoms with E-state index in [1.165, 1.54) is 12.8 Å². The summed E-state index contributed by atoms with van der Waals surface area (Å²) < 4.78 is 5.82. The fraction of sp³-hybridized carbons (Fsp3) is 0.600. The van der Waals surface area contributed by atoms with Gasteiger partial charge in [0.25, 0.3) is 0 Å². The minimum Gasteiger partial charge on any atom is -0.489 e. The Bertz CT molecular complexity index is 395. The van der Waals surface area contributed by atoms with Gasteiger partial charge in [-0.25, -0.2) is 0 Å². The molecule has 1 aromatic carbocycles. The van der Waals surface area contributed by atoms with E-state index in [9.17, 15) is 0 Å². The van der Waals surface area contributed by atoms with E-state index in [4.69, 9.17) is 16.3 Å². The van der Waals surface area contributed by atoms with Gasteiger partial charge in [0.2, 0.25) is 0 Å². The van der Waals surface area contributed by atoms with Crippen LogP contribution >= 0.6 is 11.6 Å². The maximum atomic E-state index is 5.93. The van der Waals surface area contributed by atoms with Crippen molar-refractivity contribution in [1.29, 1.82) is 0 Å². The molecule has 1 aliphatic carbocycles. The van der Waals surface area contributed by atoms with E-state index in [1.54, 1.807) is 0 Å². The molecule has 19 heavy (non-hydrogen) atoms. The average molecular weight is 283 g/mol. The Kier molecular flexibility index (Phi) is 5.49. The van der Waals surface area contributed by atoms with E-state index in [2.05, 4.69) is 24.5 Å². The molecule has 1 saturated carbocycles. The second-order valence-corrected chi connectivity index (χ2v) is 5.81. The Hall–Kier alpha value is -0.770. The van der Waals surface area contributed by atoms with Gasteiger partial charge in [-0.3, -0.25) is 0 Å². The smallest absolute Gasteiger partial charge is 0.121 e. The maximum Gasteiger partial charge on any atom is 0.121 e. The summed E-state index contributed by atoms with van der Waals surface area (Å²) in [5, 5.41) is 7.70. The van der Waals surface area contributed by atoms with Crippen LogP contribution < -0.4 is 15.4 Å². The van der Waals surface area contributed by atoms with Crippen LogP contribution in [0.25, 0.3) is 0 Å². The molecule has 2 atom stereocenters. The zero-order valence-electron chi connectivity index (χ0n) is 11.7. The molecule has 106 valence electrons. The SMILES string of the molecule is CC(CNC1CC1)NCC(C)Oc1cccc(Cl)c1. The lowest BCUT2D eigenvalue weighted by Gasteiger charge is -2.19. The van der Waals surface area contributed by atoms with Gasteiger partial charge in [0.05, 0.1) is 0 Å². The molecule has 2 N–H and O–H groups in total. The number of benzene rings is 1. The Morgan fingerprint density at radius 1 is 1.32 bits per heavy atom. The zero-order chi connectivity index (χ0) is 13.7. The summed E-state index contributed by atoms with van der Waals surface area (Å²) in [6.07, 6.45) is 2.80. The number of rotatable bonds is 8. The molecule has 2 unspecified atom stereocenters. The summed E-state index contributed by atoms with van der Waals surface area (Å²) in [4.78, 5) is 0. The normalized spacial score (nSPS) is 18.1. The third kappa shape index (κ3) is 5.81. The highest BCUT2D eigenvalue weighted by Gasteiger charge is 2.20. The quantitative estimate of drug-likeness (QED) is 0.769. The molecule has 0 aliphatic heterocycles. The number of hydrogen-bond acceptors (Lipinski definition) is 3. The third-order valence-electron chi connectivity index (χ3n) is 3.18. The Morgan fingerprint density at radius 3 is 2.79 bits per heavy atom. The van der Waals surface area contributed by atoms with Crippen LogP contribution in [0.1, 0.15) is 26.7 Å². The van der Waals surface area contributed by atoms with Gasteiger partial charge in [0.15, 0.2) is 0 Å². The third-order valence-corrected chi connectivity index (χ3v) is 3.41. The molecular formula is C15H23ClN2O. The van der Waals surface area contributed by atoms with Gasteiger partial charge in [-0.15, -0.1) is 0 Å². The van der Waals surface area contributed by atoms with E-state index >= 15 is 0 Å². The van der Waals surface area contributed by atoms with Gasteiger partial charge in [-0.2, -0.15) is 0 Å². The number of nitrogens with one attached hydrogen (secondary N) is 2. The van der Waals surface area contributed by atoms with Gasteiger partial charge in [-0.05, 0) is 44.9 Å². The van der Waals surface area contributed by atoms with Crippen molar-refractivity contribution in [3.8, 4) is 5.75 Å². The predicted octanol–water partition coefficient (Wildman–Crippen LogP) is 2.84. The summed E-state index contributed by atoms with van der Waals surface area (Å²) >= 11 is 5.93. The average Bonchev–Trinajstić information content (AvgIpc) is 3.18. The van der Waals surface area contributed by atoms with Crippen molar-refractivity contribution in [3.05, 3.63) is 29.3 Å². The van der Waals surface area contributed by atoms with Crippen molar-refractivity contribution in [2.45, 2.75) is 44.9 Å². The largest absolute Gasteiger partial charge is 0.489 e. The summed E-state index contributed by atoms with van der Waals surface area (Å²) in [5.41, 5.74) is 0. The van der Waals surface area contributed by atoms with Crippen LogP contribution in [0, 0.1) is 0 Å². The van der Waals surface area contributed by atoms with Crippen molar-refractivity contribution in [2.24, 2.45) is 0 Å². The summed E-state index contributed by atoms with van der Waals surface area (Å²) in [7, 11) is 0. The lowest BCUT2D eigenvalue weighted by atomic mass is 10.3. The molecule has 0 radical (unpaired) electrons. The predicted molar refractivity (Wildman–Crippen MR) is 80.0 cm³/mol. The Morgan fingerprint density at radius 2 is 2.11 bits per heavy atom. The molecule has 0 spiro atoms. The Balaban J connectivity index is 1.64. The summed E-state index contributed by atoms with van der Waals surface area (Å²) in [5.74, 6) is 0.825. The molecule has 0 bridgehead atoms. The van der Waals surface area contributed by atoms with Crippen LogP contribution in [0.2, 0.25) is 5.02 Å². The molecular weight excluding hydrogens is 260 g/mol. The molecule has 0 saturated heterocycles. The number of ether oxygens (including phenoxy) is 1. The van der Waals surface area contributed by atoms with E-state index < -0.39 is 0 Å². The topological polar surface area (TPSA) is 33.3 Å². The molecule has 1 fully saturated rings. The lowest BCUT2D eigenvalue weighted by molar-refractivity contribution is 0.212. The van der Waals surface area contributed by atoms with Crippen LogP contribution in [-0.4, -0.2) is 31.3 Å². The maximum absolute atomic E-state index is 5.93. The molecule has 4 heteroatoms. The second-order valence-electron chi connectivity index (χ2n) is 5.38. The van der Waals surface area contributed by atoms with Gasteiger partial charge < -0.3 is 15.4 Å². The highest BCUT2D eigenvalue weighted by molar-refractivity contribution is 6.30. The van der Waals surface area contributed by atoms with Gasteiger partial charge in [-0.1, -0.05) is 17.7 Å².